The van der Waals surface area contributed by atoms with Crippen molar-refractivity contribution in [2.24, 2.45) is 0 Å². The highest BCUT2D eigenvalue weighted by Gasteiger charge is 2.13. The SMILES string of the molecule is O=C(O)C(=O)Cc1ccnc2ccccc12. The summed E-state index contributed by atoms with van der Waals surface area (Å²) in [6.45, 7) is 0. The minimum atomic E-state index is -1.40. The molecule has 0 unspecified atom stereocenters. The lowest BCUT2D eigenvalue weighted by Gasteiger charge is -2.03. The average molecular weight is 215 g/mol. The molecular weight excluding hydrogens is 206 g/mol. The predicted octanol–water partition coefficient (Wildman–Crippen LogP) is 1.43. The van der Waals surface area contributed by atoms with Gasteiger partial charge in [0.2, 0.25) is 5.78 Å². The fraction of sp³-hybridized carbons (Fsp3) is 0.0833. The third-order valence-electron chi connectivity index (χ3n) is 2.33. The zero-order chi connectivity index (χ0) is 11.5. The van der Waals surface area contributed by atoms with Crippen LogP contribution < -0.4 is 0 Å². The van der Waals surface area contributed by atoms with E-state index in [0.717, 1.165) is 10.9 Å². The zero-order valence-electron chi connectivity index (χ0n) is 8.38. The van der Waals surface area contributed by atoms with Gasteiger partial charge in [0.05, 0.1) is 5.52 Å². The zero-order valence-corrected chi connectivity index (χ0v) is 8.38. The van der Waals surface area contributed by atoms with E-state index in [1.165, 1.54) is 0 Å². The first kappa shape index (κ1) is 10.3. The van der Waals surface area contributed by atoms with Crippen LogP contribution in [0, 0.1) is 0 Å². The van der Waals surface area contributed by atoms with Gasteiger partial charge in [-0.1, -0.05) is 18.2 Å². The van der Waals surface area contributed by atoms with Crippen LogP contribution in [0.15, 0.2) is 36.5 Å². The summed E-state index contributed by atoms with van der Waals surface area (Å²) in [4.78, 5) is 25.7. The number of carbonyl (C=O) groups is 2. The van der Waals surface area contributed by atoms with Crippen LogP contribution in [0.25, 0.3) is 10.9 Å². The van der Waals surface area contributed by atoms with Crippen molar-refractivity contribution >= 4 is 22.7 Å². The highest BCUT2D eigenvalue weighted by molar-refractivity contribution is 6.33. The number of hydrogen-bond donors (Lipinski definition) is 1. The van der Waals surface area contributed by atoms with Gasteiger partial charge < -0.3 is 5.11 Å². The molecule has 0 atom stereocenters. The van der Waals surface area contributed by atoms with Crippen molar-refractivity contribution in [1.82, 2.24) is 4.98 Å². The van der Waals surface area contributed by atoms with Crippen LogP contribution in [0.3, 0.4) is 0 Å². The number of hydrogen-bond acceptors (Lipinski definition) is 3. The predicted molar refractivity (Wildman–Crippen MR) is 58.1 cm³/mol. The number of pyridine rings is 1. The lowest BCUT2D eigenvalue weighted by molar-refractivity contribution is -0.148. The first-order valence-electron chi connectivity index (χ1n) is 4.77. The Bertz CT molecular complexity index is 558. The summed E-state index contributed by atoms with van der Waals surface area (Å²) < 4.78 is 0. The number of nitrogens with zero attached hydrogens (tertiary/aromatic N) is 1. The van der Waals surface area contributed by atoms with Gasteiger partial charge in [-0.05, 0) is 17.7 Å². The third-order valence-corrected chi connectivity index (χ3v) is 2.33. The number of Topliss-reactive ketones (excluding diaryl/α,β-unsaturated/α-hetero) is 1. The molecule has 1 aromatic carbocycles. The number of aromatic nitrogens is 1. The molecule has 4 heteroatoms. The van der Waals surface area contributed by atoms with Crippen molar-refractivity contribution in [1.29, 1.82) is 0 Å². The Morgan fingerprint density at radius 1 is 1.19 bits per heavy atom. The topological polar surface area (TPSA) is 67.3 Å². The van der Waals surface area contributed by atoms with E-state index < -0.39 is 11.8 Å². The quantitative estimate of drug-likeness (QED) is 0.786. The van der Waals surface area contributed by atoms with E-state index in [4.69, 9.17) is 5.11 Å². The molecule has 0 spiro atoms. The maximum Gasteiger partial charge on any atom is 0.372 e. The van der Waals surface area contributed by atoms with Crippen LogP contribution in [0.5, 0.6) is 0 Å². The maximum atomic E-state index is 11.1. The number of carboxylic acids is 1. The van der Waals surface area contributed by atoms with Gasteiger partial charge in [0, 0.05) is 18.0 Å². The highest BCUT2D eigenvalue weighted by Crippen LogP contribution is 2.16. The molecular formula is C12H9NO3. The Kier molecular flexibility index (Phi) is 2.64. The van der Waals surface area contributed by atoms with E-state index in [2.05, 4.69) is 4.98 Å². The Balaban J connectivity index is 2.45. The molecule has 1 N–H and O–H groups in total. The Morgan fingerprint density at radius 2 is 1.94 bits per heavy atom. The third kappa shape index (κ3) is 1.91. The lowest BCUT2D eigenvalue weighted by atomic mass is 10.0. The number of carbonyl (C=O) groups excluding carboxylic acids is 1. The molecule has 0 aliphatic heterocycles. The maximum absolute atomic E-state index is 11.1. The summed E-state index contributed by atoms with van der Waals surface area (Å²) in [6.07, 6.45) is 1.48. The first-order valence-corrected chi connectivity index (χ1v) is 4.77. The smallest absolute Gasteiger partial charge is 0.372 e. The molecule has 1 heterocycles. The monoisotopic (exact) mass is 215 g/mol. The molecule has 80 valence electrons. The van der Waals surface area contributed by atoms with Crippen LogP contribution in [0.2, 0.25) is 0 Å². The normalized spacial score (nSPS) is 10.2. The minimum Gasteiger partial charge on any atom is -0.475 e. The summed E-state index contributed by atoms with van der Waals surface area (Å²) in [5.41, 5.74) is 1.45. The van der Waals surface area contributed by atoms with E-state index in [1.807, 2.05) is 24.3 Å². The molecule has 1 aromatic heterocycles. The standard InChI is InChI=1S/C12H9NO3/c14-11(12(15)16)7-8-5-6-13-10-4-2-1-3-9(8)10/h1-6H,7H2,(H,15,16). The Morgan fingerprint density at radius 3 is 2.69 bits per heavy atom. The summed E-state index contributed by atoms with van der Waals surface area (Å²) in [5, 5.41) is 9.37. The van der Waals surface area contributed by atoms with Crippen molar-refractivity contribution < 1.29 is 14.7 Å². The van der Waals surface area contributed by atoms with Gasteiger partial charge in [-0.2, -0.15) is 0 Å². The molecule has 0 aliphatic carbocycles. The molecule has 16 heavy (non-hydrogen) atoms. The van der Waals surface area contributed by atoms with Gasteiger partial charge in [0.1, 0.15) is 0 Å². The van der Waals surface area contributed by atoms with Crippen LogP contribution in [-0.2, 0) is 16.0 Å². The number of carboxylic acid groups (broad SMARTS) is 1. The van der Waals surface area contributed by atoms with Crippen LogP contribution >= 0.6 is 0 Å². The van der Waals surface area contributed by atoms with Gasteiger partial charge in [0.25, 0.3) is 0 Å². The molecule has 0 aliphatic rings. The molecule has 0 radical (unpaired) electrons. The lowest BCUT2D eigenvalue weighted by Crippen LogP contribution is -2.15. The van der Waals surface area contributed by atoms with E-state index in [9.17, 15) is 9.59 Å². The number of aliphatic carboxylic acids is 1. The van der Waals surface area contributed by atoms with Gasteiger partial charge in [-0.15, -0.1) is 0 Å². The van der Waals surface area contributed by atoms with E-state index in [0.29, 0.717) is 5.56 Å². The molecule has 0 bridgehead atoms. The molecule has 2 aromatic rings. The number of para-hydroxylation sites is 1. The average Bonchev–Trinajstić information content (AvgIpc) is 2.29. The molecule has 0 amide bonds. The summed E-state index contributed by atoms with van der Waals surface area (Å²) in [6, 6.07) is 9.00. The van der Waals surface area contributed by atoms with E-state index in [1.54, 1.807) is 12.3 Å². The number of benzene rings is 1. The highest BCUT2D eigenvalue weighted by atomic mass is 16.4. The van der Waals surface area contributed by atoms with Crippen molar-refractivity contribution in [3.05, 3.63) is 42.1 Å². The summed E-state index contributed by atoms with van der Waals surface area (Å²) >= 11 is 0. The van der Waals surface area contributed by atoms with Crippen LogP contribution in [0.4, 0.5) is 0 Å². The second-order valence-electron chi connectivity index (χ2n) is 3.39. The number of rotatable bonds is 3. The fourth-order valence-electron chi connectivity index (χ4n) is 1.56. The van der Waals surface area contributed by atoms with Crippen molar-refractivity contribution in [3.63, 3.8) is 0 Å². The molecule has 0 saturated carbocycles. The van der Waals surface area contributed by atoms with Crippen LogP contribution in [0.1, 0.15) is 5.56 Å². The molecule has 4 nitrogen and oxygen atoms in total. The second kappa shape index (κ2) is 4.10. The summed E-state index contributed by atoms with van der Waals surface area (Å²) in [5.74, 6) is -2.21. The van der Waals surface area contributed by atoms with Gasteiger partial charge in [0.15, 0.2) is 0 Å². The van der Waals surface area contributed by atoms with Crippen molar-refractivity contribution in [3.8, 4) is 0 Å². The number of fused-ring (bicyclic) bond motifs is 1. The van der Waals surface area contributed by atoms with E-state index in [-0.39, 0.29) is 6.42 Å². The van der Waals surface area contributed by atoms with Gasteiger partial charge in [-0.3, -0.25) is 9.78 Å². The molecule has 0 saturated heterocycles. The second-order valence-corrected chi connectivity index (χ2v) is 3.39. The van der Waals surface area contributed by atoms with Gasteiger partial charge in [-0.25, -0.2) is 4.79 Å². The van der Waals surface area contributed by atoms with Crippen molar-refractivity contribution in [2.45, 2.75) is 6.42 Å². The Labute approximate surface area is 91.5 Å². The first-order chi connectivity index (χ1) is 7.68. The Hall–Kier alpha value is -2.23. The fourth-order valence-corrected chi connectivity index (χ4v) is 1.56. The van der Waals surface area contributed by atoms with E-state index >= 15 is 0 Å². The van der Waals surface area contributed by atoms with Gasteiger partial charge >= 0.3 is 5.97 Å². The van der Waals surface area contributed by atoms with Crippen molar-refractivity contribution in [2.75, 3.05) is 0 Å². The minimum absolute atomic E-state index is 0.0988. The molecule has 2 rings (SSSR count). The van der Waals surface area contributed by atoms with Crippen LogP contribution in [-0.4, -0.2) is 21.8 Å². The largest absolute Gasteiger partial charge is 0.475 e. The number of ketones is 1. The summed E-state index contributed by atoms with van der Waals surface area (Å²) in [7, 11) is 0. The molecule has 0 fully saturated rings.